The fraction of sp³-hybridized carbons (Fsp3) is 0.154. The van der Waals surface area contributed by atoms with Crippen molar-refractivity contribution in [3.63, 3.8) is 0 Å². The second-order valence-electron chi connectivity index (χ2n) is 3.96. The molecule has 0 aliphatic carbocycles. The molecule has 19 heavy (non-hydrogen) atoms. The van der Waals surface area contributed by atoms with Crippen LogP contribution in [0.4, 0.5) is 14.5 Å². The maximum atomic E-state index is 14.0. The summed E-state index contributed by atoms with van der Waals surface area (Å²) in [4.78, 5) is 3.80. The highest BCUT2D eigenvalue weighted by atomic mass is 32.2. The maximum absolute atomic E-state index is 14.0. The molecule has 1 atom stereocenters. The lowest BCUT2D eigenvalue weighted by Gasteiger charge is -2.16. The predicted octanol–water partition coefficient (Wildman–Crippen LogP) is 2.56. The van der Waals surface area contributed by atoms with E-state index in [2.05, 4.69) is 4.98 Å². The Hall–Kier alpha value is -1.82. The minimum atomic E-state index is -3.18. The van der Waals surface area contributed by atoms with Gasteiger partial charge in [0.1, 0.15) is 5.03 Å². The number of halogens is 2. The van der Waals surface area contributed by atoms with Gasteiger partial charge < -0.3 is 5.73 Å². The van der Waals surface area contributed by atoms with Crippen LogP contribution in [0.25, 0.3) is 0 Å². The molecule has 0 fully saturated rings. The van der Waals surface area contributed by atoms with Crippen molar-refractivity contribution in [2.45, 2.75) is 10.9 Å². The van der Waals surface area contributed by atoms with E-state index in [0.29, 0.717) is 0 Å². The molecule has 0 aliphatic heterocycles. The predicted molar refractivity (Wildman–Crippen MR) is 70.3 cm³/mol. The molecule has 0 saturated heterocycles. The van der Waals surface area contributed by atoms with Crippen LogP contribution in [-0.2, 0) is 16.7 Å². The van der Waals surface area contributed by atoms with Crippen molar-refractivity contribution < 1.29 is 13.0 Å². The van der Waals surface area contributed by atoms with Gasteiger partial charge in [-0.05, 0) is 12.1 Å². The molecule has 100 valence electrons. The smallest absolute Gasteiger partial charge is 0.285 e. The van der Waals surface area contributed by atoms with Crippen molar-refractivity contribution in [2.75, 3.05) is 11.5 Å². The number of nitrogens with two attached hydrogens (primary N) is 1. The van der Waals surface area contributed by atoms with Crippen LogP contribution in [0.3, 0.4) is 0 Å². The number of nitrogen functional groups attached to an aromatic ring is 1. The van der Waals surface area contributed by atoms with Crippen LogP contribution in [0, 0.1) is 0 Å². The lowest BCUT2D eigenvalue weighted by atomic mass is 10.1. The van der Waals surface area contributed by atoms with Crippen LogP contribution >= 0.6 is 0 Å². The minimum Gasteiger partial charge on any atom is -0.396 e. The summed E-state index contributed by atoms with van der Waals surface area (Å²) in [5.41, 5.74) is 5.57. The summed E-state index contributed by atoms with van der Waals surface area (Å²) < 4.78 is 39.9. The van der Waals surface area contributed by atoms with Gasteiger partial charge in [0, 0.05) is 11.8 Å². The van der Waals surface area contributed by atoms with Gasteiger partial charge in [0.25, 0.3) is 5.92 Å². The summed E-state index contributed by atoms with van der Waals surface area (Å²) in [7, 11) is -1.95. The molecule has 0 saturated carbocycles. The molecular formula is C13H12F2N2OS. The SMILES string of the molecule is Nc1cccnc1S(=O)CC(F)(F)c1ccccc1. The highest BCUT2D eigenvalue weighted by Gasteiger charge is 2.34. The van der Waals surface area contributed by atoms with Crippen molar-refractivity contribution in [1.82, 2.24) is 4.98 Å². The first kappa shape index (κ1) is 13.6. The molecule has 0 aliphatic rings. The number of hydrogen-bond acceptors (Lipinski definition) is 3. The van der Waals surface area contributed by atoms with Gasteiger partial charge in [-0.25, -0.2) is 13.8 Å². The van der Waals surface area contributed by atoms with E-state index >= 15 is 0 Å². The first-order valence-corrected chi connectivity index (χ1v) is 6.85. The van der Waals surface area contributed by atoms with E-state index in [1.54, 1.807) is 12.1 Å². The van der Waals surface area contributed by atoms with E-state index in [0.717, 1.165) is 0 Å². The molecule has 3 nitrogen and oxygen atoms in total. The van der Waals surface area contributed by atoms with E-state index in [1.807, 2.05) is 0 Å². The third kappa shape index (κ3) is 3.14. The molecule has 6 heteroatoms. The number of benzene rings is 1. The standard InChI is InChI=1S/C13H12F2N2OS/c14-13(15,10-5-2-1-3-6-10)9-19(18)12-11(16)7-4-8-17-12/h1-8H,9,16H2. The number of alkyl halides is 2. The molecule has 0 spiro atoms. The van der Waals surface area contributed by atoms with E-state index in [1.165, 1.54) is 36.5 Å². The Kier molecular flexibility index (Phi) is 3.90. The molecule has 2 aromatic rings. The van der Waals surface area contributed by atoms with Gasteiger partial charge in [0.2, 0.25) is 0 Å². The highest BCUT2D eigenvalue weighted by molar-refractivity contribution is 7.85. The van der Waals surface area contributed by atoms with Gasteiger partial charge in [-0.1, -0.05) is 30.3 Å². The van der Waals surface area contributed by atoms with Gasteiger partial charge in [-0.3, -0.25) is 4.21 Å². The Bertz CT molecular complexity index is 590. The minimum absolute atomic E-state index is 0.00175. The zero-order chi connectivity index (χ0) is 13.9. The lowest BCUT2D eigenvalue weighted by molar-refractivity contribution is 0.0222. The van der Waals surface area contributed by atoms with Crippen molar-refractivity contribution in [2.24, 2.45) is 0 Å². The average Bonchev–Trinajstić information content (AvgIpc) is 2.39. The second-order valence-corrected chi connectivity index (χ2v) is 5.32. The molecule has 2 N–H and O–H groups in total. The summed E-state index contributed by atoms with van der Waals surface area (Å²) in [6.45, 7) is 0. The molecule has 0 amide bonds. The van der Waals surface area contributed by atoms with E-state index in [4.69, 9.17) is 5.73 Å². The Morgan fingerprint density at radius 3 is 2.47 bits per heavy atom. The van der Waals surface area contributed by atoms with Gasteiger partial charge in [0.15, 0.2) is 0 Å². The lowest BCUT2D eigenvalue weighted by Crippen LogP contribution is -2.23. The molecule has 2 rings (SSSR count). The molecular weight excluding hydrogens is 270 g/mol. The van der Waals surface area contributed by atoms with Crippen molar-refractivity contribution >= 4 is 16.5 Å². The molecule has 1 heterocycles. The number of anilines is 1. The largest absolute Gasteiger partial charge is 0.396 e. The summed E-state index contributed by atoms with van der Waals surface area (Å²) in [5.74, 6) is -4.02. The zero-order valence-corrected chi connectivity index (χ0v) is 10.7. The van der Waals surface area contributed by atoms with Crippen LogP contribution in [0.1, 0.15) is 5.56 Å². The summed E-state index contributed by atoms with van der Waals surface area (Å²) in [5, 5.41) is -0.00175. The Balaban J connectivity index is 2.22. The first-order chi connectivity index (χ1) is 9.00. The van der Waals surface area contributed by atoms with Crippen LogP contribution < -0.4 is 5.73 Å². The molecule has 0 bridgehead atoms. The number of rotatable bonds is 4. The molecule has 1 aromatic heterocycles. The zero-order valence-electron chi connectivity index (χ0n) is 9.92. The average molecular weight is 282 g/mol. The van der Waals surface area contributed by atoms with Crippen LogP contribution in [0.2, 0.25) is 0 Å². The fourth-order valence-electron chi connectivity index (χ4n) is 1.59. The number of aromatic nitrogens is 1. The quantitative estimate of drug-likeness (QED) is 0.937. The summed E-state index contributed by atoms with van der Waals surface area (Å²) in [6, 6.07) is 10.3. The molecule has 0 radical (unpaired) electrons. The summed E-state index contributed by atoms with van der Waals surface area (Å²) in [6.07, 6.45) is 1.38. The third-order valence-electron chi connectivity index (χ3n) is 2.52. The van der Waals surface area contributed by atoms with Crippen LogP contribution in [0.15, 0.2) is 53.7 Å². The number of pyridine rings is 1. The molecule has 1 aromatic carbocycles. The monoisotopic (exact) mass is 282 g/mol. The van der Waals surface area contributed by atoms with Gasteiger partial charge in [-0.15, -0.1) is 0 Å². The van der Waals surface area contributed by atoms with Crippen molar-refractivity contribution in [3.8, 4) is 0 Å². The topological polar surface area (TPSA) is 56.0 Å². The Morgan fingerprint density at radius 2 is 1.84 bits per heavy atom. The van der Waals surface area contributed by atoms with Gasteiger partial charge in [0.05, 0.1) is 22.2 Å². The highest BCUT2D eigenvalue weighted by Crippen LogP contribution is 2.30. The number of nitrogens with zero attached hydrogens (tertiary/aromatic N) is 1. The third-order valence-corrected chi connectivity index (χ3v) is 3.92. The first-order valence-electron chi connectivity index (χ1n) is 5.53. The number of hydrogen-bond donors (Lipinski definition) is 1. The van der Waals surface area contributed by atoms with Gasteiger partial charge in [-0.2, -0.15) is 0 Å². The van der Waals surface area contributed by atoms with Crippen molar-refractivity contribution in [1.29, 1.82) is 0 Å². The van der Waals surface area contributed by atoms with Crippen molar-refractivity contribution in [3.05, 3.63) is 54.2 Å². The second kappa shape index (κ2) is 5.44. The van der Waals surface area contributed by atoms with E-state index in [-0.39, 0.29) is 16.3 Å². The van der Waals surface area contributed by atoms with E-state index < -0.39 is 22.5 Å². The maximum Gasteiger partial charge on any atom is 0.285 e. The summed E-state index contributed by atoms with van der Waals surface area (Å²) >= 11 is 0. The Labute approximate surface area is 111 Å². The Morgan fingerprint density at radius 1 is 1.16 bits per heavy atom. The van der Waals surface area contributed by atoms with E-state index in [9.17, 15) is 13.0 Å². The molecule has 1 unspecified atom stereocenters. The van der Waals surface area contributed by atoms with Gasteiger partial charge >= 0.3 is 0 Å². The fourth-order valence-corrected chi connectivity index (χ4v) is 2.73. The van der Waals surface area contributed by atoms with Crippen LogP contribution in [-0.4, -0.2) is 14.9 Å². The normalized spacial score (nSPS) is 13.2. The van der Waals surface area contributed by atoms with Crippen LogP contribution in [0.5, 0.6) is 0 Å².